The predicted octanol–water partition coefficient (Wildman–Crippen LogP) is 22.5. The van der Waals surface area contributed by atoms with Crippen molar-refractivity contribution in [3.63, 3.8) is 0 Å². The number of rotatable bonds is 7. The number of aromatic amines is 2. The number of halogens is 35. The Bertz CT molecular complexity index is 7010. The van der Waals surface area contributed by atoms with Crippen molar-refractivity contribution < 1.29 is 154 Å². The van der Waals surface area contributed by atoms with Crippen LogP contribution in [0.25, 0.3) is 44.8 Å². The van der Waals surface area contributed by atoms with Crippen LogP contribution in [0, 0.1) is 204 Å². The molecule has 8 nitrogen and oxygen atoms in total. The van der Waals surface area contributed by atoms with Gasteiger partial charge in [0.05, 0.1) is 119 Å². The fraction of sp³-hybridized carbons (Fsp3) is 0.0123. The van der Waals surface area contributed by atoms with Crippen molar-refractivity contribution in [2.45, 2.75) is 5.92 Å². The largest absolute Gasteiger partial charge is 0.353 e. The summed E-state index contributed by atoms with van der Waals surface area (Å²) in [6, 6.07) is 2.75. The maximum atomic E-state index is 16.8. The van der Waals surface area contributed by atoms with E-state index in [2.05, 4.69) is 34.9 Å². The zero-order chi connectivity index (χ0) is 89.5. The predicted molar refractivity (Wildman–Crippen MR) is 364 cm³/mol. The molecule has 7 aliphatic rings. The molecule has 0 radical (unpaired) electrons. The lowest BCUT2D eigenvalue weighted by Crippen LogP contribution is -2.25. The molecule has 9 aromatic rings. The Morgan fingerprint density at radius 1 is 0.210 bits per heavy atom. The van der Waals surface area contributed by atoms with Gasteiger partial charge in [0, 0.05) is 56.5 Å². The summed E-state index contributed by atoms with van der Waals surface area (Å²) < 4.78 is 559. The molecule has 2 aromatic heterocycles. The molecule has 16 rings (SSSR count). The Balaban J connectivity index is 1.05. The first-order valence-corrected chi connectivity index (χ1v) is 33.7. The summed E-state index contributed by atoms with van der Waals surface area (Å²) in [5.74, 6) is -105. The quantitative estimate of drug-likeness (QED) is 0.0629. The van der Waals surface area contributed by atoms with Crippen molar-refractivity contribution in [2.75, 3.05) is 0 Å². The van der Waals surface area contributed by atoms with Crippen LogP contribution >= 0.6 is 0 Å². The standard InChI is InChI=1S/C81H19F35N8/c82-47-40(48(83)62(97)75(110)61(47)96)33-19-3-1-17(117-19)18-2-4-20(118-18)34(41-49(84)63(98)76(111)64(99)50(41)85)22-6-8-24(120-22)36(43-53(88)67(102)78(113)68(103)54(43)89)26-10-12-28(122-26)38(45-57(92)71(106)80(115)72(107)58(45)93)30-14-16-32(124-30)39(46-59(94)73(108)81(116)74(109)60(46)95)31-15-13-29(123-31)37(44-55(90)69(104)79(114)70(105)56(44)91)27-11-9-25(121-27)35(23-7-5-21(33)119-23)42-51(86)65(100)77(112)66(101)52(42)87/h1-15,39,117-118,124H/b33-21+,34-22+,35-25-,36-26+,37-29+,38-30+. The molecule has 1 unspecified atom stereocenters. The van der Waals surface area contributed by atoms with E-state index in [0.717, 1.165) is 12.1 Å². The molecule has 0 spiro atoms. The SMILES string of the molecule is Fc1c(F)c(F)c(/C2=C3\C=CC(=N3)/C(c3c(F)c(F)c(F)c(F)c3F)=C3/C=C=C(N3)C(c3c(F)c(F)c(F)c(F)c3F)C3=N/C(=C(/c4c(F)c(F)c(F)c(F)c4F)C4=N/C(=C(\c5c(F)c(F)c(F)c(F)c5F)C5=N/C(=C(/c6c(F)c(F)c(F)c(F)c6F)c6ccc([nH]6)-c6ccc([nH]6)/C(c6c(F)c(F)c(F)c(F)c6F)=C6/C=CC2=N6)C=C5)C=C4)C=C3)c(F)c1F. The second-order valence-electron chi connectivity index (χ2n) is 26.3. The number of hydrogen-bond donors (Lipinski definition) is 3. The normalized spacial score (nSPS) is 19.8. The molecule has 7 aliphatic heterocycles. The first-order valence-electron chi connectivity index (χ1n) is 33.7. The van der Waals surface area contributed by atoms with Crippen LogP contribution in [0.2, 0.25) is 0 Å². The average Bonchev–Trinajstić information content (AvgIpc) is 1.58. The van der Waals surface area contributed by atoms with Gasteiger partial charge in [0.2, 0.25) is 40.7 Å². The Labute approximate surface area is 661 Å². The molecule has 124 heavy (non-hydrogen) atoms. The second-order valence-corrected chi connectivity index (χ2v) is 26.3. The molecule has 0 fully saturated rings. The van der Waals surface area contributed by atoms with Crippen LogP contribution in [0.5, 0.6) is 0 Å². The highest BCUT2D eigenvalue weighted by Crippen LogP contribution is 2.48. The molecule has 0 saturated carbocycles. The molecular formula is C81H19F35N8. The summed E-state index contributed by atoms with van der Waals surface area (Å²) in [5.41, 5.74) is -43.4. The lowest BCUT2D eigenvalue weighted by Gasteiger charge is -2.22. The van der Waals surface area contributed by atoms with E-state index < -0.39 is 373 Å². The molecule has 0 aliphatic carbocycles. The summed E-state index contributed by atoms with van der Waals surface area (Å²) in [4.78, 5) is 24.3. The topological polar surface area (TPSA) is 105 Å². The van der Waals surface area contributed by atoms with Crippen LogP contribution in [0.1, 0.15) is 56.2 Å². The van der Waals surface area contributed by atoms with Crippen molar-refractivity contribution >= 4 is 62.0 Å². The summed E-state index contributed by atoms with van der Waals surface area (Å²) in [7, 11) is 0. The van der Waals surface area contributed by atoms with Gasteiger partial charge in [-0.2, -0.15) is 0 Å². The van der Waals surface area contributed by atoms with E-state index in [4.69, 9.17) is 0 Å². The van der Waals surface area contributed by atoms with E-state index in [1.165, 1.54) is 0 Å². The van der Waals surface area contributed by atoms with Gasteiger partial charge in [-0.05, 0) is 85.0 Å². The van der Waals surface area contributed by atoms with E-state index in [-0.39, 0.29) is 18.2 Å². The third-order valence-corrected chi connectivity index (χ3v) is 19.5. The highest BCUT2D eigenvalue weighted by Gasteiger charge is 2.44. The van der Waals surface area contributed by atoms with Crippen LogP contribution in [-0.4, -0.2) is 38.5 Å². The minimum absolute atomic E-state index is 0.211. The van der Waals surface area contributed by atoms with E-state index in [9.17, 15) is 8.78 Å². The van der Waals surface area contributed by atoms with Crippen LogP contribution < -0.4 is 5.32 Å². The molecule has 628 valence electrons. The summed E-state index contributed by atoms with van der Waals surface area (Å²) in [6.07, 6.45) is 3.56. The van der Waals surface area contributed by atoms with Gasteiger partial charge in [-0.25, -0.2) is 174 Å². The summed E-state index contributed by atoms with van der Waals surface area (Å²) in [5, 5.41) is 2.02. The number of nitrogens with zero attached hydrogens (tertiary/aromatic N) is 5. The minimum Gasteiger partial charge on any atom is -0.353 e. The monoisotopic (exact) mass is 1770 g/mol. The van der Waals surface area contributed by atoms with Crippen molar-refractivity contribution in [1.82, 2.24) is 15.3 Å². The Kier molecular flexibility index (Phi) is 20.1. The molecule has 3 N–H and O–H groups in total. The minimum atomic E-state index is -3.16. The second kappa shape index (κ2) is 30.0. The molecule has 9 heterocycles. The van der Waals surface area contributed by atoms with E-state index >= 15 is 145 Å². The molecule has 0 amide bonds. The zero-order valence-corrected chi connectivity index (χ0v) is 58.7. The molecular weight excluding hydrogens is 1750 g/mol. The van der Waals surface area contributed by atoms with Crippen LogP contribution in [0.4, 0.5) is 154 Å². The molecule has 43 heteroatoms. The van der Waals surface area contributed by atoms with Gasteiger partial charge >= 0.3 is 0 Å². The Morgan fingerprint density at radius 3 is 0.702 bits per heavy atom. The van der Waals surface area contributed by atoms with E-state index in [0.29, 0.717) is 60.7 Å². The van der Waals surface area contributed by atoms with Crippen LogP contribution in [0.15, 0.2) is 162 Å². The number of H-pyrrole nitrogens is 2. The number of aliphatic imine (C=N–C) groups is 5. The van der Waals surface area contributed by atoms with Gasteiger partial charge in [0.15, 0.2) is 163 Å². The Hall–Kier alpha value is -14.5. The summed E-state index contributed by atoms with van der Waals surface area (Å²) in [6.45, 7) is 0. The smallest absolute Gasteiger partial charge is 0.200 e. The van der Waals surface area contributed by atoms with E-state index in [1.54, 1.807) is 0 Å². The van der Waals surface area contributed by atoms with Gasteiger partial charge in [-0.1, -0.05) is 5.73 Å². The third-order valence-electron chi connectivity index (χ3n) is 19.5. The van der Waals surface area contributed by atoms with Crippen molar-refractivity contribution in [3.05, 3.63) is 391 Å². The van der Waals surface area contributed by atoms with Gasteiger partial charge in [-0.15, -0.1) is 0 Å². The maximum absolute atomic E-state index is 16.8. The van der Waals surface area contributed by atoms with Gasteiger partial charge in [0.25, 0.3) is 0 Å². The lowest BCUT2D eigenvalue weighted by atomic mass is 9.89. The van der Waals surface area contributed by atoms with Crippen LogP contribution in [0.3, 0.4) is 0 Å². The average molecular weight is 1770 g/mol. The Morgan fingerprint density at radius 2 is 0.419 bits per heavy atom. The third kappa shape index (κ3) is 12.4. The van der Waals surface area contributed by atoms with Gasteiger partial charge < -0.3 is 15.3 Å². The number of benzene rings is 7. The zero-order valence-electron chi connectivity index (χ0n) is 58.7. The van der Waals surface area contributed by atoms with Crippen LogP contribution in [-0.2, 0) is 0 Å². The van der Waals surface area contributed by atoms with Crippen molar-refractivity contribution in [2.24, 2.45) is 25.0 Å². The number of aromatic nitrogens is 2. The lowest BCUT2D eigenvalue weighted by molar-refractivity contribution is 0.369. The number of fused-ring (bicyclic) bond motifs is 12. The van der Waals surface area contributed by atoms with Crippen molar-refractivity contribution in [1.29, 1.82) is 0 Å². The number of allylic oxidation sites excluding steroid dienone is 15. The van der Waals surface area contributed by atoms with Crippen molar-refractivity contribution in [3.8, 4) is 11.4 Å². The summed E-state index contributed by atoms with van der Waals surface area (Å²) >= 11 is 0. The molecule has 0 saturated heterocycles. The first-order chi connectivity index (χ1) is 58.6. The maximum Gasteiger partial charge on any atom is 0.200 e. The first kappa shape index (κ1) is 83.1. The highest BCUT2D eigenvalue weighted by atomic mass is 19.2. The van der Waals surface area contributed by atoms with Gasteiger partial charge in [-0.3, -0.25) is 4.99 Å². The number of hydrogen-bond acceptors (Lipinski definition) is 6. The van der Waals surface area contributed by atoms with Gasteiger partial charge in [0.1, 0.15) is 0 Å². The highest BCUT2D eigenvalue weighted by molar-refractivity contribution is 6.37. The number of nitrogens with one attached hydrogen (secondary N) is 3. The molecule has 16 bridgehead atoms. The fourth-order valence-electron chi connectivity index (χ4n) is 13.9. The fourth-order valence-corrected chi connectivity index (χ4v) is 13.9. The van der Waals surface area contributed by atoms with E-state index in [1.807, 2.05) is 11.0 Å². The molecule has 1 atom stereocenters. The molecule has 7 aromatic carbocycles.